The average Bonchev–Trinajstić information content (AvgIpc) is 3.19. The lowest BCUT2D eigenvalue weighted by atomic mass is 9.82. The largest absolute Gasteiger partial charge is 0.385 e. The van der Waals surface area contributed by atoms with Crippen molar-refractivity contribution in [1.29, 1.82) is 0 Å². The summed E-state index contributed by atoms with van der Waals surface area (Å²) in [5.74, 6) is 1.43. The van der Waals surface area contributed by atoms with Crippen LogP contribution in [0.5, 0.6) is 0 Å². The Morgan fingerprint density at radius 2 is 1.61 bits per heavy atom. The lowest BCUT2D eigenvalue weighted by Crippen LogP contribution is -2.24. The van der Waals surface area contributed by atoms with Crippen LogP contribution < -0.4 is 16.8 Å². The molecule has 0 bridgehead atoms. The molecule has 0 radical (unpaired) electrons. The first kappa shape index (κ1) is 22.4. The van der Waals surface area contributed by atoms with Gasteiger partial charge in [-0.2, -0.15) is 0 Å². The Balaban J connectivity index is 0.000000210. The van der Waals surface area contributed by atoms with Crippen LogP contribution >= 0.6 is 0 Å². The van der Waals surface area contributed by atoms with E-state index in [1.165, 1.54) is 30.5 Å². The number of halogens is 1. The van der Waals surface area contributed by atoms with E-state index in [0.717, 1.165) is 37.5 Å². The van der Waals surface area contributed by atoms with Crippen LogP contribution in [0.3, 0.4) is 0 Å². The zero-order valence-electron chi connectivity index (χ0n) is 17.3. The molecular weight excluding hydrogens is 349 g/mol. The van der Waals surface area contributed by atoms with Crippen molar-refractivity contribution >= 4 is 5.69 Å². The minimum absolute atomic E-state index is 0.661. The number of hydrogen-bond acceptors (Lipinski definition) is 3. The molecule has 154 valence electrons. The van der Waals surface area contributed by atoms with Gasteiger partial charge in [-0.25, -0.2) is 4.39 Å². The van der Waals surface area contributed by atoms with Crippen molar-refractivity contribution in [3.05, 3.63) is 65.7 Å². The second-order valence-electron chi connectivity index (χ2n) is 8.04. The lowest BCUT2D eigenvalue weighted by Gasteiger charge is -2.31. The van der Waals surface area contributed by atoms with Gasteiger partial charge in [0.2, 0.25) is 0 Å². The number of nitrogens with one attached hydrogen (secondary N) is 1. The summed E-state index contributed by atoms with van der Waals surface area (Å²) in [5, 5.41) is 3.49. The van der Waals surface area contributed by atoms with E-state index >= 15 is 0 Å². The summed E-state index contributed by atoms with van der Waals surface area (Å²) in [6.07, 6.45) is 4.86. The summed E-state index contributed by atoms with van der Waals surface area (Å²) in [7, 11) is 0. The van der Waals surface area contributed by atoms with Gasteiger partial charge in [0, 0.05) is 12.2 Å². The summed E-state index contributed by atoms with van der Waals surface area (Å²) in [4.78, 5) is 0. The van der Waals surface area contributed by atoms with Crippen molar-refractivity contribution in [3.8, 4) is 0 Å². The van der Waals surface area contributed by atoms with E-state index in [1.54, 1.807) is 13.8 Å². The molecule has 4 rings (SSSR count). The Hall–Kier alpha value is -1.91. The SMILES string of the molecule is CC(C)(F)c1ccc2c(c1)C1CCCC1CN2.NCCCN.c1ccccc1. The highest BCUT2D eigenvalue weighted by atomic mass is 19.1. The van der Waals surface area contributed by atoms with Crippen molar-refractivity contribution in [2.24, 2.45) is 17.4 Å². The lowest BCUT2D eigenvalue weighted by molar-refractivity contribution is 0.221. The smallest absolute Gasteiger partial charge is 0.130 e. The highest BCUT2D eigenvalue weighted by Crippen LogP contribution is 2.46. The van der Waals surface area contributed by atoms with Crippen LogP contribution in [-0.2, 0) is 5.67 Å². The zero-order chi connectivity index (χ0) is 20.4. The van der Waals surface area contributed by atoms with Crippen molar-refractivity contribution in [3.63, 3.8) is 0 Å². The van der Waals surface area contributed by atoms with Crippen LogP contribution in [0.15, 0.2) is 54.6 Å². The van der Waals surface area contributed by atoms with E-state index in [2.05, 4.69) is 17.4 Å². The predicted octanol–water partition coefficient (Wildman–Crippen LogP) is 5.18. The van der Waals surface area contributed by atoms with E-state index in [-0.39, 0.29) is 0 Å². The van der Waals surface area contributed by atoms with E-state index in [4.69, 9.17) is 11.5 Å². The molecule has 1 heterocycles. The first-order chi connectivity index (χ1) is 13.5. The Bertz CT molecular complexity index is 653. The highest BCUT2D eigenvalue weighted by molar-refractivity contribution is 5.57. The van der Waals surface area contributed by atoms with Crippen LogP contribution in [0.4, 0.5) is 10.1 Å². The van der Waals surface area contributed by atoms with Crippen molar-refractivity contribution in [1.82, 2.24) is 0 Å². The maximum absolute atomic E-state index is 14.0. The second-order valence-corrected chi connectivity index (χ2v) is 8.04. The van der Waals surface area contributed by atoms with Gasteiger partial charge in [-0.15, -0.1) is 0 Å². The third-order valence-electron chi connectivity index (χ3n) is 5.43. The van der Waals surface area contributed by atoms with Crippen LogP contribution in [0, 0.1) is 5.92 Å². The molecule has 2 atom stereocenters. The zero-order valence-corrected chi connectivity index (χ0v) is 17.3. The molecule has 0 spiro atoms. The molecule has 2 aliphatic rings. The van der Waals surface area contributed by atoms with E-state index in [9.17, 15) is 4.39 Å². The monoisotopic (exact) mass is 385 g/mol. The van der Waals surface area contributed by atoms with E-state index in [0.29, 0.717) is 5.92 Å². The van der Waals surface area contributed by atoms with Gasteiger partial charge in [-0.3, -0.25) is 0 Å². The fraction of sp³-hybridized carbons (Fsp3) is 0.500. The fourth-order valence-corrected chi connectivity index (χ4v) is 3.83. The third kappa shape index (κ3) is 6.61. The van der Waals surface area contributed by atoms with Gasteiger partial charge < -0.3 is 16.8 Å². The fourth-order valence-electron chi connectivity index (χ4n) is 3.83. The number of anilines is 1. The van der Waals surface area contributed by atoms with Crippen LogP contribution in [0.1, 0.15) is 56.6 Å². The average molecular weight is 386 g/mol. The topological polar surface area (TPSA) is 64.1 Å². The van der Waals surface area contributed by atoms with Gasteiger partial charge in [-0.1, -0.05) is 55.0 Å². The minimum atomic E-state index is -1.24. The maximum atomic E-state index is 14.0. The molecule has 0 aromatic heterocycles. The molecule has 1 aliphatic heterocycles. The summed E-state index contributed by atoms with van der Waals surface area (Å²) < 4.78 is 14.0. The Morgan fingerprint density at radius 3 is 2.11 bits per heavy atom. The summed E-state index contributed by atoms with van der Waals surface area (Å²) in [5.41, 5.74) is 12.3. The number of nitrogens with two attached hydrogens (primary N) is 2. The third-order valence-corrected chi connectivity index (χ3v) is 5.43. The van der Waals surface area contributed by atoms with Gasteiger partial charge in [-0.05, 0) is 75.2 Å². The van der Waals surface area contributed by atoms with Gasteiger partial charge in [0.1, 0.15) is 5.67 Å². The Kier molecular flexibility index (Phi) is 8.94. The predicted molar refractivity (Wildman–Crippen MR) is 118 cm³/mol. The number of hydrogen-bond donors (Lipinski definition) is 3. The number of alkyl halides is 1. The first-order valence-electron chi connectivity index (χ1n) is 10.4. The Labute approximate surface area is 169 Å². The Morgan fingerprint density at radius 1 is 1.00 bits per heavy atom. The minimum Gasteiger partial charge on any atom is -0.385 e. The number of fused-ring (bicyclic) bond motifs is 3. The molecule has 28 heavy (non-hydrogen) atoms. The van der Waals surface area contributed by atoms with Crippen LogP contribution in [0.2, 0.25) is 0 Å². The summed E-state index contributed by atoms with van der Waals surface area (Å²) >= 11 is 0. The van der Waals surface area contributed by atoms with Gasteiger partial charge in [0.25, 0.3) is 0 Å². The second kappa shape index (κ2) is 11.2. The molecule has 1 aliphatic carbocycles. The molecule has 2 aromatic carbocycles. The van der Waals surface area contributed by atoms with Crippen LogP contribution in [0.25, 0.3) is 0 Å². The molecule has 1 fully saturated rings. The highest BCUT2D eigenvalue weighted by Gasteiger charge is 2.34. The molecule has 0 saturated heterocycles. The summed E-state index contributed by atoms with van der Waals surface area (Å²) in [6.45, 7) is 5.80. The molecular formula is C24H36FN3. The van der Waals surface area contributed by atoms with Gasteiger partial charge in [0.05, 0.1) is 0 Å². The summed E-state index contributed by atoms with van der Waals surface area (Å²) in [6, 6.07) is 18.1. The van der Waals surface area contributed by atoms with E-state index in [1.807, 2.05) is 42.5 Å². The molecule has 2 aromatic rings. The van der Waals surface area contributed by atoms with Crippen molar-refractivity contribution < 1.29 is 4.39 Å². The van der Waals surface area contributed by atoms with Gasteiger partial charge in [0.15, 0.2) is 0 Å². The molecule has 4 heteroatoms. The molecule has 1 saturated carbocycles. The quantitative estimate of drug-likeness (QED) is 0.682. The number of rotatable bonds is 3. The molecule has 2 unspecified atom stereocenters. The molecule has 3 nitrogen and oxygen atoms in total. The van der Waals surface area contributed by atoms with Crippen molar-refractivity contribution in [2.75, 3.05) is 25.0 Å². The van der Waals surface area contributed by atoms with Crippen LogP contribution in [-0.4, -0.2) is 19.6 Å². The van der Waals surface area contributed by atoms with Crippen molar-refractivity contribution in [2.45, 2.75) is 51.1 Å². The number of benzene rings is 2. The maximum Gasteiger partial charge on any atom is 0.130 e. The van der Waals surface area contributed by atoms with Gasteiger partial charge >= 0.3 is 0 Å². The molecule has 5 N–H and O–H groups in total. The van der Waals surface area contributed by atoms with E-state index < -0.39 is 5.67 Å². The standard InChI is InChI=1S/C15H20FN.C6H6.C3H10N2/c1-15(2,16)11-6-7-14-13(8-11)12-5-3-4-10(12)9-17-14;1-2-4-6-5-3-1;4-2-1-3-5/h6-8,10,12,17H,3-5,9H2,1-2H3;1-6H;1-5H2. The first-order valence-corrected chi connectivity index (χ1v) is 10.4. The normalized spacial score (nSPS) is 19.8. The molecule has 0 amide bonds.